The SMILES string of the molecule is CC(CCOC(CCC=O)OCCC1CC1CC1CC1C)CCC1CC1.CCC1CC1CCC(C)CCOC(CCC(=O)OCCCCCCN(CCCCO)CCCCCCOC)OCCC1CC1CC1CC1CC. The fraction of sp³-hybridized carbons (Fsp3) is 0.970. The zero-order valence-corrected chi connectivity index (χ0v) is 50.3. The molecule has 0 spiro atoms. The van der Waals surface area contributed by atoms with Crippen molar-refractivity contribution >= 4 is 12.3 Å². The smallest absolute Gasteiger partial charge is 0.305 e. The third kappa shape index (κ3) is 31.2. The van der Waals surface area contributed by atoms with Gasteiger partial charge < -0.3 is 43.2 Å². The molecule has 1 N–H and O–H groups in total. The molecule has 10 nitrogen and oxygen atoms in total. The highest BCUT2D eigenvalue weighted by molar-refractivity contribution is 5.69. The number of carbonyl (C=O) groups excluding carboxylic acids is 2. The van der Waals surface area contributed by atoms with Crippen molar-refractivity contribution in [3.63, 3.8) is 0 Å². The Labute approximate surface area is 467 Å². The zero-order valence-electron chi connectivity index (χ0n) is 50.3. The Morgan fingerprint density at radius 2 is 1.03 bits per heavy atom. The van der Waals surface area contributed by atoms with Gasteiger partial charge in [0.1, 0.15) is 6.29 Å². The number of aliphatic hydroxyl groups is 1. The van der Waals surface area contributed by atoms with Crippen LogP contribution in [0, 0.1) is 76.9 Å². The van der Waals surface area contributed by atoms with Gasteiger partial charge in [-0.25, -0.2) is 0 Å². The Morgan fingerprint density at radius 1 is 0.539 bits per heavy atom. The molecule has 14 atom stereocenters. The van der Waals surface area contributed by atoms with Crippen molar-refractivity contribution in [3.8, 4) is 0 Å². The first-order valence-electron chi connectivity index (χ1n) is 33.0. The highest BCUT2D eigenvalue weighted by Gasteiger charge is 2.45. The minimum Gasteiger partial charge on any atom is -0.466 e. The summed E-state index contributed by atoms with van der Waals surface area (Å²) in [6.07, 6.45) is 39.3. The number of unbranched alkanes of at least 4 members (excludes halogenated alkanes) is 7. The van der Waals surface area contributed by atoms with Gasteiger partial charge in [-0.1, -0.05) is 105 Å². The molecule has 6 aliphatic rings. The first kappa shape index (κ1) is 65.7. The van der Waals surface area contributed by atoms with Crippen LogP contribution in [0.25, 0.3) is 0 Å². The summed E-state index contributed by atoms with van der Waals surface area (Å²) in [5, 5.41) is 9.19. The first-order valence-corrected chi connectivity index (χ1v) is 33.0. The molecule has 0 saturated heterocycles. The molecule has 0 aromatic rings. The molecule has 6 saturated carbocycles. The van der Waals surface area contributed by atoms with Gasteiger partial charge in [-0.05, 0) is 212 Å². The minimum absolute atomic E-state index is 0.122. The van der Waals surface area contributed by atoms with Crippen LogP contribution in [0.1, 0.15) is 247 Å². The molecule has 0 bridgehead atoms. The van der Waals surface area contributed by atoms with Crippen LogP contribution in [0.5, 0.6) is 0 Å². The van der Waals surface area contributed by atoms with Gasteiger partial charge in [0.15, 0.2) is 12.6 Å². The van der Waals surface area contributed by atoms with Crippen LogP contribution in [-0.4, -0.2) is 108 Å². The van der Waals surface area contributed by atoms with Gasteiger partial charge in [0.2, 0.25) is 0 Å². The van der Waals surface area contributed by atoms with Crippen LogP contribution in [0.2, 0.25) is 0 Å². The minimum atomic E-state index is -0.307. The van der Waals surface area contributed by atoms with E-state index in [0.29, 0.717) is 44.8 Å². The third-order valence-corrected chi connectivity index (χ3v) is 19.2. The van der Waals surface area contributed by atoms with E-state index in [0.717, 1.165) is 181 Å². The Balaban J connectivity index is 0.000000341. The maximum absolute atomic E-state index is 12.7. The van der Waals surface area contributed by atoms with Crippen molar-refractivity contribution < 1.29 is 43.1 Å². The summed E-state index contributed by atoms with van der Waals surface area (Å²) in [4.78, 5) is 25.9. The van der Waals surface area contributed by atoms with E-state index in [1.54, 1.807) is 7.11 Å². The number of methoxy groups -OCH3 is 1. The monoisotopic (exact) mass is 1070 g/mol. The van der Waals surface area contributed by atoms with E-state index in [-0.39, 0.29) is 25.2 Å². The number of nitrogens with zero attached hydrogens (tertiary/aromatic N) is 1. The molecule has 0 aromatic carbocycles. The van der Waals surface area contributed by atoms with Gasteiger partial charge in [-0.3, -0.25) is 4.79 Å². The lowest BCUT2D eigenvalue weighted by Crippen LogP contribution is -2.27. The maximum atomic E-state index is 12.7. The van der Waals surface area contributed by atoms with E-state index < -0.39 is 0 Å². The molecule has 0 aromatic heterocycles. The Hall–Kier alpha value is -1.14. The number of aliphatic hydroxyl groups excluding tert-OH is 1. The third-order valence-electron chi connectivity index (χ3n) is 19.2. The molecular formula is C66H121NO9. The first-order chi connectivity index (χ1) is 37.1. The van der Waals surface area contributed by atoms with Gasteiger partial charge in [0, 0.05) is 52.8 Å². The van der Waals surface area contributed by atoms with Crippen LogP contribution < -0.4 is 0 Å². The molecule has 10 heteroatoms. The Bertz CT molecular complexity index is 1460. The fourth-order valence-corrected chi connectivity index (χ4v) is 12.5. The van der Waals surface area contributed by atoms with E-state index in [9.17, 15) is 14.7 Å². The van der Waals surface area contributed by atoms with Crippen molar-refractivity contribution in [1.82, 2.24) is 4.90 Å². The zero-order chi connectivity index (χ0) is 54.2. The average Bonchev–Trinajstić information content (AvgIpc) is 4.18. The van der Waals surface area contributed by atoms with Crippen LogP contribution >= 0.6 is 0 Å². The molecule has 0 radical (unpaired) electrons. The molecular weight excluding hydrogens is 951 g/mol. The molecule has 0 heterocycles. The summed E-state index contributed by atoms with van der Waals surface area (Å²) < 4.78 is 35.3. The maximum Gasteiger partial charge on any atom is 0.305 e. The Kier molecular flexibility index (Phi) is 34.0. The second kappa shape index (κ2) is 39.3. The number of ether oxygens (including phenoxy) is 6. The standard InChI is InChI=1S/C43H81NO6.C23H40O3/c1-5-36-31-38(36)18-17-35(3)21-29-49-43(50-30-22-39-33-41(39)34-40-32-37(40)6-2)20-19-42(46)48-28-16-10-8-12-24-44(25-13-14-26-45)23-11-7-9-15-27-47-4;1-17(5-6-19-7-8-19)9-12-25-23(4-3-11-24)26-13-10-20-15-22(20)16-21-14-18(21)2/h35-41,43,45H,5-34H2,1-4H3;11,17-23H,3-10,12-16H2,1-2H3. The molecule has 14 unspecified atom stereocenters. The van der Waals surface area contributed by atoms with Gasteiger partial charge in [-0.15, -0.1) is 0 Å². The van der Waals surface area contributed by atoms with Crippen LogP contribution in [-0.2, 0) is 38.0 Å². The van der Waals surface area contributed by atoms with Gasteiger partial charge in [0.05, 0.1) is 26.2 Å². The van der Waals surface area contributed by atoms with Crippen molar-refractivity contribution in [2.45, 2.75) is 259 Å². The van der Waals surface area contributed by atoms with E-state index in [1.807, 2.05) is 0 Å². The van der Waals surface area contributed by atoms with E-state index in [2.05, 4.69) is 39.5 Å². The number of rotatable bonds is 52. The van der Waals surface area contributed by atoms with Gasteiger partial charge in [0.25, 0.3) is 0 Å². The van der Waals surface area contributed by atoms with Crippen molar-refractivity contribution in [2.75, 3.05) is 73.0 Å². The summed E-state index contributed by atoms with van der Waals surface area (Å²) in [6.45, 7) is 19.7. The quantitative estimate of drug-likeness (QED) is 0.0273. The van der Waals surface area contributed by atoms with Crippen LogP contribution in [0.4, 0.5) is 0 Å². The summed E-state index contributed by atoms with van der Waals surface area (Å²) in [7, 11) is 1.77. The van der Waals surface area contributed by atoms with E-state index in [1.165, 1.54) is 128 Å². The van der Waals surface area contributed by atoms with Crippen LogP contribution in [0.15, 0.2) is 0 Å². The molecule has 0 amide bonds. The molecule has 6 rings (SSSR count). The number of hydrogen-bond donors (Lipinski definition) is 1. The summed E-state index contributed by atoms with van der Waals surface area (Å²) in [6, 6.07) is 0. The predicted molar refractivity (Wildman–Crippen MR) is 310 cm³/mol. The summed E-state index contributed by atoms with van der Waals surface area (Å²) in [5.74, 6) is 11.9. The second-order valence-electron chi connectivity index (χ2n) is 26.2. The lowest BCUT2D eigenvalue weighted by molar-refractivity contribution is -0.160. The lowest BCUT2D eigenvalue weighted by Gasteiger charge is -2.22. The van der Waals surface area contributed by atoms with Crippen molar-refractivity contribution in [1.29, 1.82) is 0 Å². The van der Waals surface area contributed by atoms with Gasteiger partial charge in [-0.2, -0.15) is 0 Å². The highest BCUT2D eigenvalue weighted by Crippen LogP contribution is 2.54. The topological polar surface area (TPSA) is 113 Å². The number of aldehydes is 1. The normalized spacial score (nSPS) is 27.6. The van der Waals surface area contributed by atoms with Crippen LogP contribution in [0.3, 0.4) is 0 Å². The van der Waals surface area contributed by atoms with Crippen molar-refractivity contribution in [3.05, 3.63) is 0 Å². The predicted octanol–water partition coefficient (Wildman–Crippen LogP) is 15.4. The van der Waals surface area contributed by atoms with Gasteiger partial charge >= 0.3 is 5.97 Å². The summed E-state index contributed by atoms with van der Waals surface area (Å²) in [5.41, 5.74) is 0. The lowest BCUT2D eigenvalue weighted by atomic mass is 9.99. The number of esters is 1. The molecule has 0 aliphatic heterocycles. The molecule has 6 fully saturated rings. The summed E-state index contributed by atoms with van der Waals surface area (Å²) >= 11 is 0. The fourth-order valence-electron chi connectivity index (χ4n) is 12.5. The van der Waals surface area contributed by atoms with Crippen molar-refractivity contribution in [2.24, 2.45) is 76.9 Å². The molecule has 444 valence electrons. The molecule has 6 aliphatic carbocycles. The Morgan fingerprint density at radius 3 is 1.57 bits per heavy atom. The molecule has 76 heavy (non-hydrogen) atoms. The van der Waals surface area contributed by atoms with E-state index >= 15 is 0 Å². The number of carbonyl (C=O) groups is 2. The largest absolute Gasteiger partial charge is 0.466 e. The second-order valence-corrected chi connectivity index (χ2v) is 26.2. The van der Waals surface area contributed by atoms with E-state index in [4.69, 9.17) is 28.4 Å². The average molecular weight is 1070 g/mol. The highest BCUT2D eigenvalue weighted by atomic mass is 16.7. The number of hydrogen-bond acceptors (Lipinski definition) is 10.